The van der Waals surface area contributed by atoms with Crippen LogP contribution >= 0.6 is 0 Å². The monoisotopic (exact) mass is 167 g/mol. The molecule has 0 spiro atoms. The highest BCUT2D eigenvalue weighted by atomic mass is 14.7. The maximum atomic E-state index is 5.67. The molecule has 1 aromatic heterocycles. The molecule has 2 rings (SSSR count). The van der Waals surface area contributed by atoms with Gasteiger partial charge in [-0.05, 0) is 31.5 Å². The van der Waals surface area contributed by atoms with Gasteiger partial charge in [-0.3, -0.25) is 4.98 Å². The number of pyridine rings is 1. The van der Waals surface area contributed by atoms with E-state index >= 15 is 0 Å². The van der Waals surface area contributed by atoms with E-state index in [9.17, 15) is 0 Å². The smallest absolute Gasteiger partial charge is 0.113 e. The van der Waals surface area contributed by atoms with Crippen LogP contribution in [0.15, 0.2) is 24.3 Å². The van der Waals surface area contributed by atoms with E-state index in [0.717, 1.165) is 22.1 Å². The molecule has 1 heterocycles. The van der Waals surface area contributed by atoms with Crippen LogP contribution in [0.4, 0.5) is 0 Å². The zero-order chi connectivity index (χ0) is 9.42. The van der Waals surface area contributed by atoms with Crippen molar-refractivity contribution in [1.29, 1.82) is 0 Å². The number of aryl methyl sites for hydroxylation is 2. The van der Waals surface area contributed by atoms with Gasteiger partial charge in [-0.25, -0.2) is 0 Å². The summed E-state index contributed by atoms with van der Waals surface area (Å²) in [4.78, 5) is 4.46. The molecule has 2 heteroatoms. The fourth-order valence-corrected chi connectivity index (χ4v) is 1.39. The Hall–Kier alpha value is -1.31. The van der Waals surface area contributed by atoms with Crippen LogP contribution < -0.4 is 5.46 Å². The first-order valence-electron chi connectivity index (χ1n) is 4.30. The summed E-state index contributed by atoms with van der Waals surface area (Å²) in [7, 11) is 5.67. The molecule has 0 atom stereocenters. The summed E-state index contributed by atoms with van der Waals surface area (Å²) in [6.45, 7) is 4.08. The summed E-state index contributed by atoms with van der Waals surface area (Å²) in [5.74, 6) is 0. The van der Waals surface area contributed by atoms with Crippen molar-refractivity contribution in [1.82, 2.24) is 4.98 Å². The van der Waals surface area contributed by atoms with Crippen LogP contribution in [-0.2, 0) is 0 Å². The number of rotatable bonds is 0. The first-order valence-corrected chi connectivity index (χ1v) is 4.30. The highest BCUT2D eigenvalue weighted by Gasteiger charge is 1.98. The van der Waals surface area contributed by atoms with Gasteiger partial charge in [-0.2, -0.15) is 0 Å². The van der Waals surface area contributed by atoms with Crippen LogP contribution in [0.2, 0.25) is 0 Å². The van der Waals surface area contributed by atoms with Crippen molar-refractivity contribution in [3.63, 3.8) is 0 Å². The molecule has 0 fully saturated rings. The van der Waals surface area contributed by atoms with Crippen molar-refractivity contribution >= 4 is 24.2 Å². The molecule has 0 unspecified atom stereocenters. The number of nitrogens with zero attached hydrogens (tertiary/aromatic N) is 1. The zero-order valence-corrected chi connectivity index (χ0v) is 7.83. The molecule has 0 amide bonds. The van der Waals surface area contributed by atoms with E-state index < -0.39 is 0 Å². The third kappa shape index (κ3) is 1.44. The Balaban J connectivity index is 2.81. The molecule has 1 nitrogen and oxygen atoms in total. The number of hydrogen-bond acceptors (Lipinski definition) is 1. The SMILES string of the molecule is [B]c1ccc2cc(C)c(C)nc2c1. The van der Waals surface area contributed by atoms with Gasteiger partial charge in [-0.1, -0.05) is 17.6 Å². The summed E-state index contributed by atoms with van der Waals surface area (Å²) >= 11 is 0. The van der Waals surface area contributed by atoms with Crippen molar-refractivity contribution in [3.8, 4) is 0 Å². The Bertz CT molecular complexity index is 463. The number of hydrogen-bond donors (Lipinski definition) is 0. The molecule has 0 bridgehead atoms. The standard InChI is InChI=1S/C11H10BN/c1-7-5-9-3-4-10(12)6-11(9)13-8(7)2/h3-6H,1-2H3. The van der Waals surface area contributed by atoms with E-state index in [4.69, 9.17) is 7.85 Å². The Morgan fingerprint density at radius 1 is 1.15 bits per heavy atom. The maximum Gasteiger partial charge on any atom is 0.113 e. The minimum Gasteiger partial charge on any atom is -0.253 e. The van der Waals surface area contributed by atoms with Crippen molar-refractivity contribution in [2.45, 2.75) is 13.8 Å². The first-order chi connectivity index (χ1) is 6.16. The average molecular weight is 167 g/mol. The van der Waals surface area contributed by atoms with E-state index in [1.54, 1.807) is 0 Å². The van der Waals surface area contributed by atoms with Gasteiger partial charge in [0.25, 0.3) is 0 Å². The van der Waals surface area contributed by atoms with Gasteiger partial charge in [-0.15, -0.1) is 0 Å². The van der Waals surface area contributed by atoms with Crippen LogP contribution in [0.5, 0.6) is 0 Å². The molecule has 0 aliphatic carbocycles. The molecule has 0 N–H and O–H groups in total. The van der Waals surface area contributed by atoms with E-state index in [0.29, 0.717) is 0 Å². The second-order valence-electron chi connectivity index (χ2n) is 3.34. The largest absolute Gasteiger partial charge is 0.253 e. The maximum absolute atomic E-state index is 5.67. The van der Waals surface area contributed by atoms with Crippen molar-refractivity contribution in [2.24, 2.45) is 0 Å². The van der Waals surface area contributed by atoms with Crippen LogP contribution in [-0.4, -0.2) is 12.8 Å². The molecule has 62 valence electrons. The van der Waals surface area contributed by atoms with Gasteiger partial charge in [0, 0.05) is 11.1 Å². The van der Waals surface area contributed by atoms with Crippen molar-refractivity contribution in [3.05, 3.63) is 35.5 Å². The highest BCUT2D eigenvalue weighted by Crippen LogP contribution is 2.13. The molecule has 0 aliphatic rings. The molecule has 13 heavy (non-hydrogen) atoms. The molecule has 1 aromatic carbocycles. The Kier molecular flexibility index (Phi) is 1.84. The molecular weight excluding hydrogens is 157 g/mol. The summed E-state index contributed by atoms with van der Waals surface area (Å²) in [6, 6.07) is 7.95. The lowest BCUT2D eigenvalue weighted by Gasteiger charge is -2.03. The summed E-state index contributed by atoms with van der Waals surface area (Å²) in [6.07, 6.45) is 0. The normalized spacial score (nSPS) is 10.6. The van der Waals surface area contributed by atoms with Crippen LogP contribution in [0.1, 0.15) is 11.3 Å². The van der Waals surface area contributed by atoms with Crippen LogP contribution in [0.25, 0.3) is 10.9 Å². The number of fused-ring (bicyclic) bond motifs is 1. The molecular formula is C11H10BN. The zero-order valence-electron chi connectivity index (χ0n) is 7.83. The third-order valence-corrected chi connectivity index (χ3v) is 2.29. The lowest BCUT2D eigenvalue weighted by atomic mass is 9.95. The minimum atomic E-state index is 0.767. The second-order valence-corrected chi connectivity index (χ2v) is 3.34. The predicted octanol–water partition coefficient (Wildman–Crippen LogP) is 1.65. The predicted molar refractivity (Wildman–Crippen MR) is 56.6 cm³/mol. The molecule has 2 aromatic rings. The average Bonchev–Trinajstić information content (AvgIpc) is 2.08. The van der Waals surface area contributed by atoms with E-state index in [1.807, 2.05) is 25.1 Å². The Labute approximate surface area is 79.2 Å². The van der Waals surface area contributed by atoms with E-state index in [1.165, 1.54) is 5.56 Å². The summed E-state index contributed by atoms with van der Waals surface area (Å²) in [5, 5.41) is 1.15. The van der Waals surface area contributed by atoms with Gasteiger partial charge >= 0.3 is 0 Å². The van der Waals surface area contributed by atoms with E-state index in [2.05, 4.69) is 18.0 Å². The quantitative estimate of drug-likeness (QED) is 0.543. The van der Waals surface area contributed by atoms with Gasteiger partial charge in [0.1, 0.15) is 7.85 Å². The molecule has 2 radical (unpaired) electrons. The topological polar surface area (TPSA) is 12.9 Å². The summed E-state index contributed by atoms with van der Waals surface area (Å²) < 4.78 is 0. The fourth-order valence-electron chi connectivity index (χ4n) is 1.39. The first kappa shape index (κ1) is 8.30. The van der Waals surface area contributed by atoms with Gasteiger partial charge < -0.3 is 0 Å². The van der Waals surface area contributed by atoms with Crippen molar-refractivity contribution in [2.75, 3.05) is 0 Å². The van der Waals surface area contributed by atoms with Crippen molar-refractivity contribution < 1.29 is 0 Å². The van der Waals surface area contributed by atoms with Gasteiger partial charge in [0.15, 0.2) is 0 Å². The minimum absolute atomic E-state index is 0.767. The highest BCUT2D eigenvalue weighted by molar-refractivity contribution is 6.33. The lowest BCUT2D eigenvalue weighted by molar-refractivity contribution is 1.20. The number of benzene rings is 1. The Morgan fingerprint density at radius 2 is 1.92 bits per heavy atom. The van der Waals surface area contributed by atoms with Gasteiger partial charge in [0.05, 0.1) is 5.52 Å². The lowest BCUT2D eigenvalue weighted by Crippen LogP contribution is -2.01. The van der Waals surface area contributed by atoms with Crippen LogP contribution in [0, 0.1) is 13.8 Å². The summed E-state index contributed by atoms with van der Waals surface area (Å²) in [5.41, 5.74) is 4.03. The molecule has 0 saturated carbocycles. The Morgan fingerprint density at radius 3 is 2.69 bits per heavy atom. The molecule has 0 aliphatic heterocycles. The third-order valence-electron chi connectivity index (χ3n) is 2.29. The van der Waals surface area contributed by atoms with E-state index in [-0.39, 0.29) is 0 Å². The fraction of sp³-hybridized carbons (Fsp3) is 0.182. The molecule has 0 saturated heterocycles. The number of aromatic nitrogens is 1. The van der Waals surface area contributed by atoms with Gasteiger partial charge in [0.2, 0.25) is 0 Å². The van der Waals surface area contributed by atoms with Crippen LogP contribution in [0.3, 0.4) is 0 Å². The second kappa shape index (κ2) is 2.88.